The summed E-state index contributed by atoms with van der Waals surface area (Å²) in [5, 5.41) is 24.8. The van der Waals surface area contributed by atoms with E-state index in [9.17, 15) is 10.4 Å². The van der Waals surface area contributed by atoms with Crippen molar-refractivity contribution in [3.63, 3.8) is 0 Å². The van der Waals surface area contributed by atoms with Crippen molar-refractivity contribution < 1.29 is 4.97 Å². The fourth-order valence-electron chi connectivity index (χ4n) is 1.29. The van der Waals surface area contributed by atoms with Gasteiger partial charge in [0.2, 0.25) is 0 Å². The Labute approximate surface area is 85.5 Å². The second kappa shape index (κ2) is 7.41. The Morgan fingerprint density at radius 3 is 2.36 bits per heavy atom. The molecule has 0 aromatic heterocycles. The molecule has 0 fully saturated rings. The predicted molar refractivity (Wildman–Crippen MR) is 55.4 cm³/mol. The molecule has 0 amide bonds. The van der Waals surface area contributed by atoms with Crippen molar-refractivity contribution in [2.45, 2.75) is 52.5 Å². The first kappa shape index (κ1) is 13.0. The summed E-state index contributed by atoms with van der Waals surface area (Å²) in [6, 6.07) is 0.0202. The molecule has 0 radical (unpaired) electrons. The lowest BCUT2D eigenvalue weighted by Gasteiger charge is -2.22. The Kier molecular flexibility index (Phi) is 6.88. The van der Waals surface area contributed by atoms with Gasteiger partial charge in [0.05, 0.1) is 12.6 Å². The predicted octanol–water partition coefficient (Wildman–Crippen LogP) is 2.65. The third-order valence-corrected chi connectivity index (χ3v) is 2.13. The van der Waals surface area contributed by atoms with Crippen LogP contribution in [0.2, 0.25) is 0 Å². The molecule has 0 atom stereocenters. The summed E-state index contributed by atoms with van der Waals surface area (Å²) in [4.78, 5) is 0.149. The smallest absolute Gasteiger partial charge is 0.0820 e. The molecule has 0 aliphatic carbocycles. The summed E-state index contributed by atoms with van der Waals surface area (Å²) in [6.45, 7) is 6.48. The van der Waals surface area contributed by atoms with E-state index in [0.717, 1.165) is 19.3 Å². The minimum atomic E-state index is 0.0202. The molecular formula is C9H20N3O2-. The van der Waals surface area contributed by atoms with Gasteiger partial charge in [0, 0.05) is 4.97 Å². The summed E-state index contributed by atoms with van der Waals surface area (Å²) in [7, 11) is 0. The zero-order chi connectivity index (χ0) is 11.0. The monoisotopic (exact) mass is 202 g/mol. The summed E-state index contributed by atoms with van der Waals surface area (Å²) < 4.78 is 0. The molecule has 0 rings (SSSR count). The van der Waals surface area contributed by atoms with Crippen LogP contribution < -0.4 is 0 Å². The molecule has 0 bridgehead atoms. The van der Waals surface area contributed by atoms with Crippen LogP contribution in [-0.2, 0) is 0 Å². The molecule has 0 aliphatic heterocycles. The molecule has 14 heavy (non-hydrogen) atoms. The number of rotatable bonds is 7. The molecule has 0 heterocycles. The lowest BCUT2D eigenvalue weighted by molar-refractivity contribution is -0.697. The van der Waals surface area contributed by atoms with E-state index in [1.165, 1.54) is 11.4 Å². The van der Waals surface area contributed by atoms with Gasteiger partial charge in [-0.25, -0.2) is 0 Å². The zero-order valence-corrected chi connectivity index (χ0v) is 9.27. The average molecular weight is 202 g/mol. The van der Waals surface area contributed by atoms with Crippen LogP contribution in [0.1, 0.15) is 46.5 Å². The molecule has 0 aromatic carbocycles. The first-order valence-electron chi connectivity index (χ1n) is 5.20. The number of hydrogen-bond donors (Lipinski definition) is 0. The highest BCUT2D eigenvalue weighted by Gasteiger charge is 2.14. The van der Waals surface area contributed by atoms with Gasteiger partial charge in [-0.05, 0) is 25.5 Å². The average Bonchev–Trinajstić information content (AvgIpc) is 2.16. The standard InChI is InChI=1S/C9H21N3O2/c1-4-5-6-7-8-11(9(2)3)12(14)10-13/h9,13H,4-8H2,1-3H3/p-1/b12-10-. The number of hydrogen-bond acceptors (Lipinski definition) is 3. The van der Waals surface area contributed by atoms with E-state index in [2.05, 4.69) is 12.2 Å². The lowest BCUT2D eigenvalue weighted by Crippen LogP contribution is -2.37. The molecule has 84 valence electrons. The van der Waals surface area contributed by atoms with Crippen LogP contribution >= 0.6 is 0 Å². The van der Waals surface area contributed by atoms with Crippen molar-refractivity contribution in [1.29, 1.82) is 0 Å². The van der Waals surface area contributed by atoms with Gasteiger partial charge in [-0.2, -0.15) is 0 Å². The van der Waals surface area contributed by atoms with Crippen LogP contribution in [0.15, 0.2) is 5.28 Å². The Bertz CT molecular complexity index is 171. The van der Waals surface area contributed by atoms with Crippen LogP contribution in [-0.4, -0.2) is 22.6 Å². The van der Waals surface area contributed by atoms with Gasteiger partial charge < -0.3 is 10.4 Å². The summed E-state index contributed by atoms with van der Waals surface area (Å²) in [6.07, 6.45) is 4.35. The first-order valence-corrected chi connectivity index (χ1v) is 5.20. The summed E-state index contributed by atoms with van der Waals surface area (Å²) in [5.41, 5.74) is 0. The van der Waals surface area contributed by atoms with E-state index in [1.807, 2.05) is 13.8 Å². The minimum Gasteiger partial charge on any atom is -0.737 e. The molecular weight excluding hydrogens is 182 g/mol. The largest absolute Gasteiger partial charge is 0.737 e. The third-order valence-electron chi connectivity index (χ3n) is 2.13. The van der Waals surface area contributed by atoms with E-state index in [1.54, 1.807) is 0 Å². The van der Waals surface area contributed by atoms with Crippen LogP contribution in [0.4, 0.5) is 0 Å². The maximum atomic E-state index is 11.0. The van der Waals surface area contributed by atoms with Gasteiger partial charge in [-0.3, -0.25) is 0 Å². The van der Waals surface area contributed by atoms with Crippen LogP contribution in [0, 0.1) is 10.4 Å². The third kappa shape index (κ3) is 4.89. The summed E-state index contributed by atoms with van der Waals surface area (Å²) >= 11 is 0. The Balaban J connectivity index is 3.87. The number of hydrazine groups is 1. The normalized spacial score (nSPS) is 12.1. The van der Waals surface area contributed by atoms with E-state index < -0.39 is 0 Å². The van der Waals surface area contributed by atoms with Crippen molar-refractivity contribution in [3.8, 4) is 0 Å². The van der Waals surface area contributed by atoms with Crippen LogP contribution in [0.3, 0.4) is 0 Å². The van der Waals surface area contributed by atoms with Crippen molar-refractivity contribution in [2.24, 2.45) is 5.28 Å². The van der Waals surface area contributed by atoms with Gasteiger partial charge in [-0.1, -0.05) is 26.2 Å². The van der Waals surface area contributed by atoms with E-state index >= 15 is 0 Å². The molecule has 0 N–H and O–H groups in total. The van der Waals surface area contributed by atoms with E-state index in [4.69, 9.17) is 0 Å². The molecule has 0 saturated carbocycles. The second-order valence-electron chi connectivity index (χ2n) is 3.65. The quantitative estimate of drug-likeness (QED) is 0.276. The van der Waals surface area contributed by atoms with Gasteiger partial charge >= 0.3 is 0 Å². The maximum Gasteiger partial charge on any atom is 0.0820 e. The Morgan fingerprint density at radius 1 is 1.29 bits per heavy atom. The molecule has 0 saturated heterocycles. The molecule has 0 unspecified atom stereocenters. The van der Waals surface area contributed by atoms with Crippen molar-refractivity contribution in [1.82, 2.24) is 5.01 Å². The van der Waals surface area contributed by atoms with Gasteiger partial charge in [-0.15, -0.1) is 5.01 Å². The van der Waals surface area contributed by atoms with Crippen molar-refractivity contribution in [3.05, 3.63) is 10.4 Å². The fourth-order valence-corrected chi connectivity index (χ4v) is 1.29. The fraction of sp³-hybridized carbons (Fsp3) is 1.00. The molecule has 0 aromatic rings. The van der Waals surface area contributed by atoms with Gasteiger partial charge in [0.15, 0.2) is 0 Å². The van der Waals surface area contributed by atoms with Crippen molar-refractivity contribution in [2.75, 3.05) is 6.54 Å². The molecule has 0 spiro atoms. The summed E-state index contributed by atoms with van der Waals surface area (Å²) in [5.74, 6) is 0. The SMILES string of the molecule is CCCCCCN(C(C)C)/[N+]([O-])=N/[O-]. The lowest BCUT2D eigenvalue weighted by atomic mass is 10.2. The highest BCUT2D eigenvalue weighted by molar-refractivity contribution is 4.52. The van der Waals surface area contributed by atoms with E-state index in [-0.39, 0.29) is 11.0 Å². The van der Waals surface area contributed by atoms with Gasteiger partial charge in [0.25, 0.3) is 0 Å². The second-order valence-corrected chi connectivity index (χ2v) is 3.65. The van der Waals surface area contributed by atoms with Crippen molar-refractivity contribution >= 4 is 0 Å². The molecule has 5 nitrogen and oxygen atoms in total. The zero-order valence-electron chi connectivity index (χ0n) is 9.27. The van der Waals surface area contributed by atoms with Crippen LogP contribution in [0.5, 0.6) is 0 Å². The molecule has 0 aliphatic rings. The molecule has 5 heteroatoms. The Morgan fingerprint density at radius 2 is 1.93 bits per heavy atom. The Hall–Kier alpha value is -1.00. The number of unbranched alkanes of at least 4 members (excludes halogenated alkanes) is 3. The van der Waals surface area contributed by atoms with Crippen LogP contribution in [0.25, 0.3) is 0 Å². The highest BCUT2D eigenvalue weighted by atomic mass is 16.6. The number of nitrogens with zero attached hydrogens (tertiary/aromatic N) is 3. The van der Waals surface area contributed by atoms with Gasteiger partial charge in [0.1, 0.15) is 0 Å². The van der Waals surface area contributed by atoms with E-state index in [0.29, 0.717) is 6.54 Å². The topological polar surface area (TPSA) is 64.7 Å². The first-order chi connectivity index (χ1) is 6.63. The minimum absolute atomic E-state index is 0.0202. The maximum absolute atomic E-state index is 11.0. The highest BCUT2D eigenvalue weighted by Crippen LogP contribution is 2.05.